The van der Waals surface area contributed by atoms with E-state index in [1.54, 1.807) is 43.3 Å². The van der Waals surface area contributed by atoms with Crippen molar-refractivity contribution in [3.05, 3.63) is 74.8 Å². The summed E-state index contributed by atoms with van der Waals surface area (Å²) in [5, 5.41) is 19.5. The van der Waals surface area contributed by atoms with Gasteiger partial charge in [-0.25, -0.2) is 18.0 Å². The van der Waals surface area contributed by atoms with Crippen LogP contribution in [0.2, 0.25) is 5.02 Å². The smallest absolute Gasteiger partial charge is 0.378 e. The van der Waals surface area contributed by atoms with Crippen LogP contribution in [-0.2, 0) is 28.9 Å². The number of hydrogen-bond acceptors (Lipinski definition) is 8. The maximum atomic E-state index is 11.5. The van der Waals surface area contributed by atoms with Gasteiger partial charge in [0.2, 0.25) is 0 Å². The third kappa shape index (κ3) is 10.6. The van der Waals surface area contributed by atoms with Crippen LogP contribution in [0.1, 0.15) is 18.1 Å². The Balaban J connectivity index is 0.000000411. The van der Waals surface area contributed by atoms with Crippen LogP contribution in [0.15, 0.2) is 53.4 Å². The number of sulfone groups is 1. The van der Waals surface area contributed by atoms with E-state index in [1.807, 2.05) is 0 Å². The Kier molecular flexibility index (Phi) is 11.9. The second-order valence-corrected chi connectivity index (χ2v) is 9.02. The van der Waals surface area contributed by atoms with Crippen molar-refractivity contribution in [2.24, 2.45) is 0 Å². The topological polar surface area (TPSA) is 150 Å². The molecule has 0 aliphatic carbocycles. The lowest BCUT2D eigenvalue weighted by molar-refractivity contribution is -0.470. The van der Waals surface area contributed by atoms with Gasteiger partial charge in [0.15, 0.2) is 9.84 Å². The zero-order valence-corrected chi connectivity index (χ0v) is 20.0. The SMILES string of the molecule is CCOCCOC(=O)C[N+](=O)[O-].CS(=O)(=O)c1ccc(C=C(C(=O)O)c2ccccc2Cl)cc1. The molecule has 0 aliphatic heterocycles. The largest absolute Gasteiger partial charge is 0.478 e. The van der Waals surface area contributed by atoms with Crippen molar-refractivity contribution in [3.8, 4) is 0 Å². The number of nitrogens with zero attached hydrogens (tertiary/aromatic N) is 1. The van der Waals surface area contributed by atoms with Crippen molar-refractivity contribution in [2.75, 3.05) is 32.6 Å². The zero-order chi connectivity index (χ0) is 25.7. The molecule has 10 nitrogen and oxygen atoms in total. The van der Waals surface area contributed by atoms with Crippen molar-refractivity contribution in [3.63, 3.8) is 0 Å². The second-order valence-electron chi connectivity index (χ2n) is 6.59. The fourth-order valence-corrected chi connectivity index (χ4v) is 3.29. The van der Waals surface area contributed by atoms with E-state index < -0.39 is 33.2 Å². The highest BCUT2D eigenvalue weighted by Gasteiger charge is 2.14. The number of nitro groups is 1. The summed E-state index contributed by atoms with van der Waals surface area (Å²) in [6, 6.07) is 12.6. The molecule has 0 radical (unpaired) electrons. The molecule has 12 heteroatoms. The number of carbonyl (C=O) groups is 2. The predicted octanol–water partition coefficient (Wildman–Crippen LogP) is 3.21. The van der Waals surface area contributed by atoms with Crippen molar-refractivity contribution < 1.29 is 37.5 Å². The van der Waals surface area contributed by atoms with Gasteiger partial charge in [0, 0.05) is 28.4 Å². The van der Waals surface area contributed by atoms with E-state index in [0.717, 1.165) is 6.26 Å². The predicted molar refractivity (Wildman–Crippen MR) is 126 cm³/mol. The summed E-state index contributed by atoms with van der Waals surface area (Å²) < 4.78 is 32.1. The number of carboxylic acid groups (broad SMARTS) is 1. The minimum absolute atomic E-state index is 0.0395. The number of benzene rings is 2. The van der Waals surface area contributed by atoms with Crippen LogP contribution in [0.5, 0.6) is 0 Å². The Morgan fingerprint density at radius 1 is 1.12 bits per heavy atom. The molecule has 0 saturated carbocycles. The molecule has 0 fully saturated rings. The molecule has 34 heavy (non-hydrogen) atoms. The summed E-state index contributed by atoms with van der Waals surface area (Å²) in [4.78, 5) is 31.2. The molecule has 2 rings (SSSR count). The van der Waals surface area contributed by atoms with Crippen molar-refractivity contribution in [1.82, 2.24) is 0 Å². The van der Waals surface area contributed by atoms with Gasteiger partial charge >= 0.3 is 11.9 Å². The lowest BCUT2D eigenvalue weighted by Crippen LogP contribution is -2.18. The van der Waals surface area contributed by atoms with Crippen LogP contribution in [0.3, 0.4) is 0 Å². The number of hydrogen-bond donors (Lipinski definition) is 1. The molecular formula is C22H24ClNO9S. The molecule has 0 aromatic heterocycles. The first-order valence-electron chi connectivity index (χ1n) is 9.80. The minimum atomic E-state index is -3.28. The highest BCUT2D eigenvalue weighted by molar-refractivity contribution is 7.90. The Morgan fingerprint density at radius 2 is 1.74 bits per heavy atom. The molecular weight excluding hydrogens is 490 g/mol. The molecule has 0 amide bonds. The van der Waals surface area contributed by atoms with Gasteiger partial charge in [-0.3, -0.25) is 10.1 Å². The molecule has 0 heterocycles. The third-order valence-electron chi connectivity index (χ3n) is 3.97. The molecule has 184 valence electrons. The summed E-state index contributed by atoms with van der Waals surface area (Å²) in [7, 11) is -3.28. The van der Waals surface area contributed by atoms with E-state index in [0.29, 0.717) is 22.8 Å². The molecule has 1 N–H and O–H groups in total. The van der Waals surface area contributed by atoms with Gasteiger partial charge in [0.25, 0.3) is 6.54 Å². The molecule has 2 aromatic carbocycles. The lowest BCUT2D eigenvalue weighted by Gasteiger charge is -2.06. The van der Waals surface area contributed by atoms with Crippen LogP contribution in [0, 0.1) is 10.1 Å². The third-order valence-corrected chi connectivity index (χ3v) is 5.42. The second kappa shape index (κ2) is 14.1. The molecule has 2 aromatic rings. The molecule has 0 atom stereocenters. The Hall–Kier alpha value is -3.28. The van der Waals surface area contributed by atoms with E-state index in [1.165, 1.54) is 18.2 Å². The monoisotopic (exact) mass is 513 g/mol. The van der Waals surface area contributed by atoms with Crippen LogP contribution in [-0.4, -0.2) is 63.0 Å². The average Bonchev–Trinajstić information content (AvgIpc) is 2.75. The number of carboxylic acids is 1. The Bertz CT molecular complexity index is 1130. The average molecular weight is 514 g/mol. The van der Waals surface area contributed by atoms with Gasteiger partial charge in [0.1, 0.15) is 6.61 Å². The maximum Gasteiger partial charge on any atom is 0.378 e. The van der Waals surface area contributed by atoms with Gasteiger partial charge in [-0.2, -0.15) is 0 Å². The van der Waals surface area contributed by atoms with Gasteiger partial charge < -0.3 is 14.6 Å². The van der Waals surface area contributed by atoms with Crippen molar-refractivity contribution in [1.29, 1.82) is 0 Å². The zero-order valence-electron chi connectivity index (χ0n) is 18.5. The van der Waals surface area contributed by atoms with Crippen LogP contribution >= 0.6 is 11.6 Å². The minimum Gasteiger partial charge on any atom is -0.478 e. The van der Waals surface area contributed by atoms with Gasteiger partial charge in [0.05, 0.1) is 17.1 Å². The van der Waals surface area contributed by atoms with Crippen molar-refractivity contribution in [2.45, 2.75) is 11.8 Å². The first-order valence-corrected chi connectivity index (χ1v) is 12.1. The summed E-state index contributed by atoms with van der Waals surface area (Å²) in [5.74, 6) is -1.94. The number of rotatable bonds is 10. The van der Waals surface area contributed by atoms with Gasteiger partial charge in [-0.15, -0.1) is 0 Å². The normalized spacial score (nSPS) is 11.2. The maximum absolute atomic E-state index is 11.5. The Labute approximate surface area is 201 Å². The molecule has 0 aliphatic rings. The fraction of sp³-hybridized carbons (Fsp3) is 0.273. The van der Waals surface area contributed by atoms with Gasteiger partial charge in [-0.1, -0.05) is 41.9 Å². The van der Waals surface area contributed by atoms with E-state index >= 15 is 0 Å². The molecule has 0 saturated heterocycles. The highest BCUT2D eigenvalue weighted by Crippen LogP contribution is 2.26. The summed E-state index contributed by atoms with van der Waals surface area (Å²) in [6.07, 6.45) is 2.57. The van der Waals surface area contributed by atoms with E-state index in [4.69, 9.17) is 16.3 Å². The van der Waals surface area contributed by atoms with E-state index in [-0.39, 0.29) is 23.7 Å². The Morgan fingerprint density at radius 3 is 2.24 bits per heavy atom. The van der Waals surface area contributed by atoms with Crippen LogP contribution < -0.4 is 0 Å². The molecule has 0 spiro atoms. The molecule has 0 bridgehead atoms. The first kappa shape index (κ1) is 28.8. The number of esters is 1. The van der Waals surface area contributed by atoms with Crippen LogP contribution in [0.4, 0.5) is 0 Å². The standard InChI is InChI=1S/C16H13ClO4S.C6H11NO5/c1-22(20,21)12-8-6-11(7-9-12)10-14(16(18)19)13-4-2-3-5-15(13)17;1-2-11-3-4-12-6(8)5-7(9)10/h2-10H,1H3,(H,18,19);2-5H2,1H3. The highest BCUT2D eigenvalue weighted by atomic mass is 35.5. The summed E-state index contributed by atoms with van der Waals surface area (Å²) >= 11 is 6.03. The number of carbonyl (C=O) groups excluding carboxylic acids is 1. The number of aliphatic carboxylic acids is 1. The lowest BCUT2D eigenvalue weighted by atomic mass is 10.0. The first-order chi connectivity index (χ1) is 16.0. The molecule has 0 unspecified atom stereocenters. The quantitative estimate of drug-likeness (QED) is 0.126. The number of halogens is 1. The van der Waals surface area contributed by atoms with E-state index in [2.05, 4.69) is 4.74 Å². The van der Waals surface area contributed by atoms with Crippen molar-refractivity contribution >= 4 is 45.0 Å². The summed E-state index contributed by atoms with van der Waals surface area (Å²) in [5.41, 5.74) is 1.02. The van der Waals surface area contributed by atoms with Gasteiger partial charge in [-0.05, 0) is 36.8 Å². The number of ether oxygens (including phenoxy) is 2. The summed E-state index contributed by atoms with van der Waals surface area (Å²) in [6.45, 7) is 1.90. The fourth-order valence-electron chi connectivity index (χ4n) is 2.42. The van der Waals surface area contributed by atoms with Crippen LogP contribution in [0.25, 0.3) is 11.6 Å². The van der Waals surface area contributed by atoms with E-state index in [9.17, 15) is 33.2 Å².